The van der Waals surface area contributed by atoms with Crippen LogP contribution in [-0.4, -0.2) is 74.0 Å². The van der Waals surface area contributed by atoms with Gasteiger partial charge in [0.1, 0.15) is 0 Å². The van der Waals surface area contributed by atoms with E-state index in [1.165, 1.54) is 0 Å². The SMILES string of the molecule is CCN(CCC(=O)N(C)CCC#N)C(C)CN(C)C. The predicted octanol–water partition coefficient (Wildman–Crippen LogP) is 1.02. The Morgan fingerprint density at radius 3 is 2.37 bits per heavy atom. The van der Waals surface area contributed by atoms with Gasteiger partial charge in [-0.25, -0.2) is 0 Å². The zero-order chi connectivity index (χ0) is 14.8. The van der Waals surface area contributed by atoms with E-state index >= 15 is 0 Å². The van der Waals surface area contributed by atoms with Gasteiger partial charge < -0.3 is 9.80 Å². The summed E-state index contributed by atoms with van der Waals surface area (Å²) in [7, 11) is 5.88. The summed E-state index contributed by atoms with van der Waals surface area (Å²) in [6, 6.07) is 2.50. The van der Waals surface area contributed by atoms with Gasteiger partial charge in [-0.15, -0.1) is 0 Å². The molecule has 0 aliphatic rings. The average molecular weight is 268 g/mol. The molecule has 5 heteroatoms. The Bertz CT molecular complexity index is 298. The van der Waals surface area contributed by atoms with Crippen LogP contribution in [0, 0.1) is 11.3 Å². The number of hydrogen-bond donors (Lipinski definition) is 0. The zero-order valence-corrected chi connectivity index (χ0v) is 13.0. The summed E-state index contributed by atoms with van der Waals surface area (Å²) >= 11 is 0. The molecule has 0 spiro atoms. The van der Waals surface area contributed by atoms with Crippen molar-refractivity contribution in [3.05, 3.63) is 0 Å². The Labute approximate surface area is 117 Å². The second-order valence-corrected chi connectivity index (χ2v) is 5.21. The molecule has 0 rings (SSSR count). The van der Waals surface area contributed by atoms with Crippen LogP contribution in [0.3, 0.4) is 0 Å². The van der Waals surface area contributed by atoms with Gasteiger partial charge in [-0.1, -0.05) is 6.92 Å². The van der Waals surface area contributed by atoms with Gasteiger partial charge in [0.2, 0.25) is 5.91 Å². The summed E-state index contributed by atoms with van der Waals surface area (Å²) in [5.74, 6) is 0.116. The van der Waals surface area contributed by atoms with E-state index < -0.39 is 0 Å². The van der Waals surface area contributed by atoms with Crippen LogP contribution in [0.15, 0.2) is 0 Å². The zero-order valence-electron chi connectivity index (χ0n) is 13.0. The monoisotopic (exact) mass is 268 g/mol. The molecular weight excluding hydrogens is 240 g/mol. The third-order valence-corrected chi connectivity index (χ3v) is 3.26. The van der Waals surface area contributed by atoms with E-state index in [1.807, 2.05) is 0 Å². The van der Waals surface area contributed by atoms with Crippen molar-refractivity contribution in [2.45, 2.75) is 32.7 Å². The largest absolute Gasteiger partial charge is 0.345 e. The summed E-state index contributed by atoms with van der Waals surface area (Å²) < 4.78 is 0. The Morgan fingerprint density at radius 1 is 1.26 bits per heavy atom. The first-order valence-corrected chi connectivity index (χ1v) is 6.92. The first-order valence-electron chi connectivity index (χ1n) is 6.92. The van der Waals surface area contributed by atoms with Gasteiger partial charge in [0.05, 0.1) is 12.5 Å². The third kappa shape index (κ3) is 7.81. The van der Waals surface area contributed by atoms with Crippen molar-refractivity contribution < 1.29 is 4.79 Å². The van der Waals surface area contributed by atoms with Crippen molar-refractivity contribution >= 4 is 5.91 Å². The molecule has 0 aliphatic heterocycles. The first kappa shape index (κ1) is 17.9. The maximum absolute atomic E-state index is 11.9. The molecule has 0 heterocycles. The Hall–Kier alpha value is -1.12. The van der Waals surface area contributed by atoms with E-state index in [2.05, 4.69) is 43.8 Å². The number of nitriles is 1. The van der Waals surface area contributed by atoms with Gasteiger partial charge in [-0.2, -0.15) is 5.26 Å². The summed E-state index contributed by atoms with van der Waals surface area (Å²) in [4.78, 5) is 18.0. The standard InChI is InChI=1S/C14H28N4O/c1-6-18(13(2)12-16(3)4)11-8-14(19)17(5)10-7-9-15/h13H,6-8,10-12H2,1-5H3. The lowest BCUT2D eigenvalue weighted by molar-refractivity contribution is -0.130. The van der Waals surface area contributed by atoms with E-state index in [4.69, 9.17) is 5.26 Å². The van der Waals surface area contributed by atoms with Crippen LogP contribution in [0.25, 0.3) is 0 Å². The second kappa shape index (κ2) is 9.76. The fourth-order valence-electron chi connectivity index (χ4n) is 2.11. The van der Waals surface area contributed by atoms with Crippen molar-refractivity contribution in [1.82, 2.24) is 14.7 Å². The molecule has 0 bridgehead atoms. The molecule has 0 saturated heterocycles. The van der Waals surface area contributed by atoms with E-state index in [-0.39, 0.29) is 5.91 Å². The summed E-state index contributed by atoms with van der Waals surface area (Å²) in [5, 5.41) is 8.51. The molecule has 0 aromatic carbocycles. The molecule has 1 amide bonds. The fourth-order valence-corrected chi connectivity index (χ4v) is 2.11. The van der Waals surface area contributed by atoms with Crippen molar-refractivity contribution in [2.75, 3.05) is 47.3 Å². The number of carbonyl (C=O) groups is 1. The highest BCUT2D eigenvalue weighted by Gasteiger charge is 2.15. The van der Waals surface area contributed by atoms with Crippen molar-refractivity contribution in [3.63, 3.8) is 0 Å². The van der Waals surface area contributed by atoms with Crippen LogP contribution in [0.5, 0.6) is 0 Å². The van der Waals surface area contributed by atoms with Gasteiger partial charge >= 0.3 is 0 Å². The summed E-state index contributed by atoms with van der Waals surface area (Å²) in [6.07, 6.45) is 0.921. The van der Waals surface area contributed by atoms with Crippen molar-refractivity contribution in [2.24, 2.45) is 0 Å². The molecule has 110 valence electrons. The third-order valence-electron chi connectivity index (χ3n) is 3.26. The number of carbonyl (C=O) groups excluding carboxylic acids is 1. The fraction of sp³-hybridized carbons (Fsp3) is 0.857. The molecule has 5 nitrogen and oxygen atoms in total. The maximum Gasteiger partial charge on any atom is 0.223 e. The minimum absolute atomic E-state index is 0.116. The van der Waals surface area contributed by atoms with Crippen LogP contribution in [0.1, 0.15) is 26.7 Å². The van der Waals surface area contributed by atoms with Crippen molar-refractivity contribution in [1.29, 1.82) is 5.26 Å². The predicted molar refractivity (Wildman–Crippen MR) is 77.7 cm³/mol. The normalized spacial score (nSPS) is 12.5. The van der Waals surface area contributed by atoms with Gasteiger partial charge in [-0.05, 0) is 27.6 Å². The highest BCUT2D eigenvalue weighted by Crippen LogP contribution is 2.03. The maximum atomic E-state index is 11.9. The molecule has 0 N–H and O–H groups in total. The molecule has 0 fully saturated rings. The van der Waals surface area contributed by atoms with Crippen LogP contribution in [0.4, 0.5) is 0 Å². The molecule has 0 aliphatic carbocycles. The summed E-state index contributed by atoms with van der Waals surface area (Å²) in [6.45, 7) is 7.55. The average Bonchev–Trinajstić information content (AvgIpc) is 2.35. The Morgan fingerprint density at radius 2 is 1.89 bits per heavy atom. The highest BCUT2D eigenvalue weighted by molar-refractivity contribution is 5.76. The smallest absolute Gasteiger partial charge is 0.223 e. The van der Waals surface area contributed by atoms with Crippen LogP contribution in [-0.2, 0) is 4.79 Å². The molecule has 0 radical (unpaired) electrons. The van der Waals surface area contributed by atoms with Crippen LogP contribution in [0.2, 0.25) is 0 Å². The van der Waals surface area contributed by atoms with Crippen molar-refractivity contribution in [3.8, 4) is 6.07 Å². The molecule has 0 aromatic heterocycles. The Balaban J connectivity index is 4.13. The molecule has 0 aromatic rings. The molecule has 1 atom stereocenters. The molecule has 0 saturated carbocycles. The highest BCUT2D eigenvalue weighted by atomic mass is 16.2. The number of hydrogen-bond acceptors (Lipinski definition) is 4. The van der Waals surface area contributed by atoms with Gasteiger partial charge in [0.25, 0.3) is 0 Å². The Kier molecular flexibility index (Phi) is 9.19. The number of nitrogens with zero attached hydrogens (tertiary/aromatic N) is 4. The van der Waals surface area contributed by atoms with Crippen LogP contribution >= 0.6 is 0 Å². The minimum atomic E-state index is 0.116. The number of amides is 1. The molecular formula is C14H28N4O. The quantitative estimate of drug-likeness (QED) is 0.626. The van der Waals surface area contributed by atoms with E-state index in [9.17, 15) is 4.79 Å². The number of likely N-dealkylation sites (N-methyl/N-ethyl adjacent to an activating group) is 2. The van der Waals surface area contributed by atoms with E-state index in [1.54, 1.807) is 11.9 Å². The summed E-state index contributed by atoms with van der Waals surface area (Å²) in [5.41, 5.74) is 0. The van der Waals surface area contributed by atoms with E-state index in [0.29, 0.717) is 25.4 Å². The lowest BCUT2D eigenvalue weighted by Gasteiger charge is -2.30. The van der Waals surface area contributed by atoms with Gasteiger partial charge in [-0.3, -0.25) is 9.69 Å². The number of rotatable bonds is 9. The molecule has 1 unspecified atom stereocenters. The molecule has 19 heavy (non-hydrogen) atoms. The van der Waals surface area contributed by atoms with Crippen LogP contribution < -0.4 is 0 Å². The topological polar surface area (TPSA) is 50.6 Å². The van der Waals surface area contributed by atoms with E-state index in [0.717, 1.165) is 19.6 Å². The lowest BCUT2D eigenvalue weighted by atomic mass is 10.2. The minimum Gasteiger partial charge on any atom is -0.345 e. The first-order chi connectivity index (χ1) is 8.92. The van der Waals surface area contributed by atoms with Gasteiger partial charge in [0, 0.05) is 39.1 Å². The second-order valence-electron chi connectivity index (χ2n) is 5.21. The lowest BCUT2D eigenvalue weighted by Crippen LogP contribution is -2.42. The van der Waals surface area contributed by atoms with Gasteiger partial charge in [0.15, 0.2) is 0 Å².